The van der Waals surface area contributed by atoms with Crippen molar-refractivity contribution in [2.45, 2.75) is 34.1 Å². The van der Waals surface area contributed by atoms with E-state index in [-0.39, 0.29) is 30.8 Å². The minimum Gasteiger partial charge on any atom is -0.481 e. The lowest BCUT2D eigenvalue weighted by Gasteiger charge is -2.25. The van der Waals surface area contributed by atoms with Gasteiger partial charge in [-0.05, 0) is 19.3 Å². The number of carboxylic acids is 1. The number of aliphatic carboxylic acids is 1. The molecule has 1 amide bonds. The van der Waals surface area contributed by atoms with Crippen molar-refractivity contribution >= 4 is 11.9 Å². The van der Waals surface area contributed by atoms with Gasteiger partial charge in [0.1, 0.15) is 0 Å². The van der Waals surface area contributed by atoms with E-state index in [0.717, 1.165) is 0 Å². The molecule has 0 aliphatic heterocycles. The third kappa shape index (κ3) is 4.34. The summed E-state index contributed by atoms with van der Waals surface area (Å²) in [6.45, 7) is 7.69. The molecule has 0 saturated carbocycles. The molecule has 17 heavy (non-hydrogen) atoms. The summed E-state index contributed by atoms with van der Waals surface area (Å²) < 4.78 is 0. The molecule has 2 atom stereocenters. The molecule has 100 valence electrons. The molecule has 0 heterocycles. The summed E-state index contributed by atoms with van der Waals surface area (Å²) in [5.41, 5.74) is 4.62. The van der Waals surface area contributed by atoms with E-state index in [1.807, 2.05) is 13.8 Å². The Morgan fingerprint density at radius 2 is 1.94 bits per heavy atom. The molecule has 0 aliphatic rings. The van der Waals surface area contributed by atoms with E-state index in [0.29, 0.717) is 6.42 Å². The fourth-order valence-corrected chi connectivity index (χ4v) is 1.45. The first-order valence-corrected chi connectivity index (χ1v) is 5.99. The van der Waals surface area contributed by atoms with E-state index in [1.54, 1.807) is 13.8 Å². The minimum atomic E-state index is -0.911. The highest BCUT2D eigenvalue weighted by Gasteiger charge is 2.32. The van der Waals surface area contributed by atoms with Crippen LogP contribution in [0.25, 0.3) is 0 Å². The highest BCUT2D eigenvalue weighted by Crippen LogP contribution is 2.20. The Morgan fingerprint density at radius 1 is 1.41 bits per heavy atom. The van der Waals surface area contributed by atoms with Crippen molar-refractivity contribution in [3.05, 3.63) is 0 Å². The molecule has 5 heteroatoms. The lowest BCUT2D eigenvalue weighted by molar-refractivity contribution is -0.148. The maximum absolute atomic E-state index is 11.8. The van der Waals surface area contributed by atoms with Gasteiger partial charge in [0, 0.05) is 13.1 Å². The minimum absolute atomic E-state index is 0.140. The van der Waals surface area contributed by atoms with Crippen LogP contribution in [0.5, 0.6) is 0 Å². The molecule has 0 aromatic carbocycles. The van der Waals surface area contributed by atoms with Crippen LogP contribution in [0.3, 0.4) is 0 Å². The number of carbonyl (C=O) groups excluding carboxylic acids is 1. The average molecular weight is 244 g/mol. The van der Waals surface area contributed by atoms with Gasteiger partial charge in [-0.1, -0.05) is 20.8 Å². The van der Waals surface area contributed by atoms with E-state index < -0.39 is 11.4 Å². The molecular formula is C12H24N2O3. The molecule has 0 bridgehead atoms. The van der Waals surface area contributed by atoms with E-state index in [1.165, 1.54) is 0 Å². The number of hydrogen-bond acceptors (Lipinski definition) is 3. The van der Waals surface area contributed by atoms with Crippen LogP contribution in [0.4, 0.5) is 0 Å². The Hall–Kier alpha value is -1.10. The van der Waals surface area contributed by atoms with Crippen molar-refractivity contribution in [3.8, 4) is 0 Å². The van der Waals surface area contributed by atoms with Gasteiger partial charge in [0.25, 0.3) is 0 Å². The van der Waals surface area contributed by atoms with Crippen molar-refractivity contribution in [1.29, 1.82) is 0 Å². The first-order chi connectivity index (χ1) is 7.78. The van der Waals surface area contributed by atoms with Crippen LogP contribution in [0.15, 0.2) is 0 Å². The quantitative estimate of drug-likeness (QED) is 0.618. The van der Waals surface area contributed by atoms with Gasteiger partial charge in [0.2, 0.25) is 5.91 Å². The fraction of sp³-hybridized carbons (Fsp3) is 0.833. The summed E-state index contributed by atoms with van der Waals surface area (Å²) >= 11 is 0. The Labute approximate surface area is 103 Å². The Bertz CT molecular complexity index is 279. The zero-order valence-corrected chi connectivity index (χ0v) is 11.1. The standard InChI is InChI=1S/C12H24N2O3/c1-5-12(4,11(16)17)7-14-10(15)9(6-13)8(2)3/h8-9H,5-7,13H2,1-4H3,(H,14,15)(H,16,17). The second-order valence-electron chi connectivity index (χ2n) is 5.02. The first kappa shape index (κ1) is 15.9. The third-order valence-electron chi connectivity index (χ3n) is 3.34. The predicted molar refractivity (Wildman–Crippen MR) is 66.4 cm³/mol. The smallest absolute Gasteiger partial charge is 0.311 e. The van der Waals surface area contributed by atoms with Gasteiger partial charge >= 0.3 is 5.97 Å². The first-order valence-electron chi connectivity index (χ1n) is 5.99. The van der Waals surface area contributed by atoms with Crippen LogP contribution in [0.1, 0.15) is 34.1 Å². The fourth-order valence-electron chi connectivity index (χ4n) is 1.45. The highest BCUT2D eigenvalue weighted by atomic mass is 16.4. The second kappa shape index (κ2) is 6.59. The topological polar surface area (TPSA) is 92.4 Å². The Kier molecular flexibility index (Phi) is 6.16. The zero-order valence-electron chi connectivity index (χ0n) is 11.1. The summed E-state index contributed by atoms with van der Waals surface area (Å²) in [5.74, 6) is -1.17. The summed E-state index contributed by atoms with van der Waals surface area (Å²) in [5, 5.41) is 11.8. The summed E-state index contributed by atoms with van der Waals surface area (Å²) in [4.78, 5) is 22.9. The van der Waals surface area contributed by atoms with E-state index >= 15 is 0 Å². The molecule has 4 N–H and O–H groups in total. The molecule has 0 saturated heterocycles. The van der Waals surface area contributed by atoms with Gasteiger partial charge in [-0.2, -0.15) is 0 Å². The lowest BCUT2D eigenvalue weighted by atomic mass is 9.87. The molecule has 0 aliphatic carbocycles. The normalized spacial score (nSPS) is 16.4. The molecular weight excluding hydrogens is 220 g/mol. The zero-order chi connectivity index (χ0) is 13.6. The monoisotopic (exact) mass is 244 g/mol. The van der Waals surface area contributed by atoms with Crippen LogP contribution in [0.2, 0.25) is 0 Å². The number of amides is 1. The summed E-state index contributed by atoms with van der Waals surface area (Å²) in [7, 11) is 0. The largest absolute Gasteiger partial charge is 0.481 e. The molecule has 0 spiro atoms. The van der Waals surface area contributed by atoms with Gasteiger partial charge in [-0.3, -0.25) is 9.59 Å². The van der Waals surface area contributed by atoms with Gasteiger partial charge in [0.15, 0.2) is 0 Å². The van der Waals surface area contributed by atoms with Gasteiger partial charge < -0.3 is 16.2 Å². The maximum Gasteiger partial charge on any atom is 0.311 e. The van der Waals surface area contributed by atoms with Gasteiger partial charge in [0.05, 0.1) is 11.3 Å². The molecule has 0 aromatic heterocycles. The number of rotatable bonds is 7. The highest BCUT2D eigenvalue weighted by molar-refractivity contribution is 5.80. The van der Waals surface area contributed by atoms with E-state index in [4.69, 9.17) is 10.8 Å². The van der Waals surface area contributed by atoms with E-state index in [9.17, 15) is 9.59 Å². The molecule has 2 unspecified atom stereocenters. The van der Waals surface area contributed by atoms with Crippen molar-refractivity contribution < 1.29 is 14.7 Å². The summed E-state index contributed by atoms with van der Waals surface area (Å²) in [6.07, 6.45) is 0.470. The predicted octanol–water partition coefficient (Wildman–Crippen LogP) is 0.834. The van der Waals surface area contributed by atoms with Gasteiger partial charge in [-0.15, -0.1) is 0 Å². The van der Waals surface area contributed by atoms with E-state index in [2.05, 4.69) is 5.32 Å². The Balaban J connectivity index is 4.46. The molecule has 0 fully saturated rings. The number of carboxylic acid groups (broad SMARTS) is 1. The molecule has 0 rings (SSSR count). The maximum atomic E-state index is 11.8. The average Bonchev–Trinajstić information content (AvgIpc) is 2.26. The van der Waals surface area contributed by atoms with Crippen molar-refractivity contribution in [2.24, 2.45) is 23.0 Å². The third-order valence-corrected chi connectivity index (χ3v) is 3.34. The molecule has 5 nitrogen and oxygen atoms in total. The second-order valence-corrected chi connectivity index (χ2v) is 5.02. The number of hydrogen-bond donors (Lipinski definition) is 3. The summed E-state index contributed by atoms with van der Waals surface area (Å²) in [6, 6.07) is 0. The van der Waals surface area contributed by atoms with Crippen LogP contribution in [-0.2, 0) is 9.59 Å². The number of carbonyl (C=O) groups is 2. The molecule has 0 aromatic rings. The van der Waals surface area contributed by atoms with Crippen LogP contribution in [0, 0.1) is 17.3 Å². The van der Waals surface area contributed by atoms with Crippen molar-refractivity contribution in [1.82, 2.24) is 5.32 Å². The van der Waals surface area contributed by atoms with Gasteiger partial charge in [-0.25, -0.2) is 0 Å². The van der Waals surface area contributed by atoms with Crippen molar-refractivity contribution in [2.75, 3.05) is 13.1 Å². The Morgan fingerprint density at radius 3 is 2.24 bits per heavy atom. The van der Waals surface area contributed by atoms with Crippen molar-refractivity contribution in [3.63, 3.8) is 0 Å². The SMILES string of the molecule is CCC(C)(CNC(=O)C(CN)C(C)C)C(=O)O. The molecule has 0 radical (unpaired) electrons. The number of nitrogens with two attached hydrogens (primary N) is 1. The van der Waals surface area contributed by atoms with Crippen LogP contribution >= 0.6 is 0 Å². The lowest BCUT2D eigenvalue weighted by Crippen LogP contribution is -2.45. The number of nitrogens with one attached hydrogen (secondary N) is 1. The van der Waals surface area contributed by atoms with Crippen LogP contribution in [-0.4, -0.2) is 30.1 Å². The van der Waals surface area contributed by atoms with Crippen LogP contribution < -0.4 is 11.1 Å².